The Kier molecular flexibility index (Phi) is 6.52. The lowest BCUT2D eigenvalue weighted by molar-refractivity contribution is -0.118. The van der Waals surface area contributed by atoms with Crippen molar-refractivity contribution in [2.75, 3.05) is 38.8 Å². The van der Waals surface area contributed by atoms with E-state index in [-0.39, 0.29) is 11.3 Å². The minimum atomic E-state index is -0.0253. The Labute approximate surface area is 208 Å². The third-order valence-electron chi connectivity index (χ3n) is 7.64. The van der Waals surface area contributed by atoms with Gasteiger partial charge in [-0.25, -0.2) is 0 Å². The second-order valence-electron chi connectivity index (χ2n) is 9.93. The highest BCUT2D eigenvalue weighted by molar-refractivity contribution is 5.97. The molecule has 5 rings (SSSR count). The average molecular weight is 471 g/mol. The average Bonchev–Trinajstić information content (AvgIpc) is 3.19. The van der Waals surface area contributed by atoms with Gasteiger partial charge in [0.1, 0.15) is 11.5 Å². The third kappa shape index (κ3) is 4.78. The lowest BCUT2D eigenvalue weighted by Gasteiger charge is -2.40. The molecular formula is C30H34N2O3. The number of nitrogens with zero attached hydrogens (tertiary/aromatic N) is 2. The van der Waals surface area contributed by atoms with Crippen molar-refractivity contribution in [3.8, 4) is 11.5 Å². The lowest BCUT2D eigenvalue weighted by Crippen LogP contribution is -2.46. The summed E-state index contributed by atoms with van der Waals surface area (Å²) in [5.41, 5.74) is 5.94. The van der Waals surface area contributed by atoms with Crippen LogP contribution in [0.4, 0.5) is 5.69 Å². The van der Waals surface area contributed by atoms with Gasteiger partial charge in [0.05, 0.1) is 20.6 Å². The number of likely N-dealkylation sites (tertiary alicyclic amines) is 1. The van der Waals surface area contributed by atoms with Crippen molar-refractivity contribution in [2.24, 2.45) is 0 Å². The molecule has 0 aromatic heterocycles. The van der Waals surface area contributed by atoms with Crippen LogP contribution in [0.15, 0.2) is 66.7 Å². The topological polar surface area (TPSA) is 42.0 Å². The van der Waals surface area contributed by atoms with Crippen molar-refractivity contribution in [1.82, 2.24) is 4.90 Å². The molecule has 5 nitrogen and oxygen atoms in total. The van der Waals surface area contributed by atoms with Gasteiger partial charge in [-0.15, -0.1) is 0 Å². The molecular weight excluding hydrogens is 436 g/mol. The van der Waals surface area contributed by atoms with Gasteiger partial charge in [0.25, 0.3) is 0 Å². The number of fused-ring (bicyclic) bond motifs is 2. The minimum absolute atomic E-state index is 0.0253. The maximum atomic E-state index is 13.5. The van der Waals surface area contributed by atoms with Crippen LogP contribution in [0.1, 0.15) is 35.1 Å². The second-order valence-corrected chi connectivity index (χ2v) is 9.93. The molecule has 35 heavy (non-hydrogen) atoms. The first-order valence-corrected chi connectivity index (χ1v) is 12.4. The molecule has 0 unspecified atom stereocenters. The van der Waals surface area contributed by atoms with Gasteiger partial charge in [0, 0.05) is 24.2 Å². The van der Waals surface area contributed by atoms with Crippen molar-refractivity contribution in [2.45, 2.75) is 38.1 Å². The van der Waals surface area contributed by atoms with Gasteiger partial charge in [0.2, 0.25) is 5.91 Å². The SMILES string of the molecule is COc1ccc(CC(=O)N2CC3(CCN(Cc4cccc(C)c4)CC3)c3cc(OC)ccc32)cc1. The van der Waals surface area contributed by atoms with Gasteiger partial charge in [-0.05, 0) is 79.9 Å². The number of aryl methyl sites for hydroxylation is 1. The standard InChI is InChI=1S/C30H34N2O3/c1-22-5-4-6-24(17-22)20-31-15-13-30(14-16-31)21-32(28-12-11-26(35-3)19-27(28)30)29(33)18-23-7-9-25(34-2)10-8-23/h4-12,17,19H,13-16,18,20-21H2,1-3H3. The molecule has 0 N–H and O–H groups in total. The van der Waals surface area contributed by atoms with Gasteiger partial charge >= 0.3 is 0 Å². The molecule has 1 saturated heterocycles. The monoisotopic (exact) mass is 470 g/mol. The van der Waals surface area contributed by atoms with E-state index in [9.17, 15) is 4.79 Å². The highest BCUT2D eigenvalue weighted by Gasteiger charge is 2.46. The van der Waals surface area contributed by atoms with E-state index in [0.717, 1.165) is 61.8 Å². The number of carbonyl (C=O) groups is 1. The number of benzene rings is 3. The van der Waals surface area contributed by atoms with Crippen molar-refractivity contribution < 1.29 is 14.3 Å². The summed E-state index contributed by atoms with van der Waals surface area (Å²) in [7, 11) is 3.36. The Hall–Kier alpha value is -3.31. The van der Waals surface area contributed by atoms with E-state index in [0.29, 0.717) is 6.42 Å². The molecule has 2 aliphatic rings. The molecule has 3 aromatic carbocycles. The van der Waals surface area contributed by atoms with Gasteiger partial charge in [-0.3, -0.25) is 9.69 Å². The number of methoxy groups -OCH3 is 2. The number of rotatable bonds is 6. The van der Waals surface area contributed by atoms with E-state index in [4.69, 9.17) is 9.47 Å². The molecule has 0 radical (unpaired) electrons. The highest BCUT2D eigenvalue weighted by atomic mass is 16.5. The second kappa shape index (κ2) is 9.74. The highest BCUT2D eigenvalue weighted by Crippen LogP contribution is 2.48. The molecule has 0 aliphatic carbocycles. The minimum Gasteiger partial charge on any atom is -0.497 e. The molecule has 3 aromatic rings. The predicted molar refractivity (Wildman–Crippen MR) is 139 cm³/mol. The molecule has 0 bridgehead atoms. The summed E-state index contributed by atoms with van der Waals surface area (Å²) in [6.45, 7) is 5.90. The van der Waals surface area contributed by atoms with E-state index in [1.165, 1.54) is 16.7 Å². The zero-order valence-corrected chi connectivity index (χ0v) is 20.9. The number of carbonyl (C=O) groups excluding carboxylic acids is 1. The van der Waals surface area contributed by atoms with Crippen LogP contribution in [0.25, 0.3) is 0 Å². The van der Waals surface area contributed by atoms with Crippen LogP contribution in [-0.2, 0) is 23.2 Å². The number of anilines is 1. The normalized spacial score (nSPS) is 16.8. The Bertz CT molecular complexity index is 1200. The summed E-state index contributed by atoms with van der Waals surface area (Å²) in [4.78, 5) is 18.1. The molecule has 1 spiro atoms. The van der Waals surface area contributed by atoms with Crippen molar-refractivity contribution >= 4 is 11.6 Å². The van der Waals surface area contributed by atoms with Crippen molar-refractivity contribution in [3.63, 3.8) is 0 Å². The Morgan fingerprint density at radius 1 is 0.886 bits per heavy atom. The first-order chi connectivity index (χ1) is 17.0. The Balaban J connectivity index is 1.34. The summed E-state index contributed by atoms with van der Waals surface area (Å²) in [6, 6.07) is 22.7. The van der Waals surface area contributed by atoms with E-state index in [2.05, 4.69) is 48.2 Å². The maximum absolute atomic E-state index is 13.5. The van der Waals surface area contributed by atoms with Crippen molar-refractivity contribution in [1.29, 1.82) is 0 Å². The Morgan fingerprint density at radius 2 is 1.60 bits per heavy atom. The third-order valence-corrected chi connectivity index (χ3v) is 7.64. The molecule has 182 valence electrons. The molecule has 0 saturated carbocycles. The number of hydrogen-bond donors (Lipinski definition) is 0. The van der Waals surface area contributed by atoms with Crippen LogP contribution in [0.3, 0.4) is 0 Å². The van der Waals surface area contributed by atoms with Crippen LogP contribution in [-0.4, -0.2) is 44.7 Å². The first kappa shape index (κ1) is 23.4. The molecule has 2 aliphatic heterocycles. The first-order valence-electron chi connectivity index (χ1n) is 12.4. The quantitative estimate of drug-likeness (QED) is 0.501. The fourth-order valence-electron chi connectivity index (χ4n) is 5.65. The van der Waals surface area contributed by atoms with E-state index in [1.807, 2.05) is 35.2 Å². The molecule has 5 heteroatoms. The number of piperidine rings is 1. The van der Waals surface area contributed by atoms with E-state index in [1.54, 1.807) is 14.2 Å². The van der Waals surface area contributed by atoms with Crippen LogP contribution in [0, 0.1) is 6.92 Å². The smallest absolute Gasteiger partial charge is 0.231 e. The molecule has 0 atom stereocenters. The van der Waals surface area contributed by atoms with Crippen LogP contribution in [0.2, 0.25) is 0 Å². The number of hydrogen-bond acceptors (Lipinski definition) is 4. The van der Waals surface area contributed by atoms with Crippen LogP contribution >= 0.6 is 0 Å². The Morgan fingerprint density at radius 3 is 2.29 bits per heavy atom. The maximum Gasteiger partial charge on any atom is 0.231 e. The fraction of sp³-hybridized carbons (Fsp3) is 0.367. The zero-order valence-electron chi connectivity index (χ0n) is 20.9. The largest absolute Gasteiger partial charge is 0.497 e. The van der Waals surface area contributed by atoms with Gasteiger partial charge in [0.15, 0.2) is 0 Å². The van der Waals surface area contributed by atoms with Gasteiger partial charge in [-0.2, -0.15) is 0 Å². The van der Waals surface area contributed by atoms with Gasteiger partial charge in [-0.1, -0.05) is 42.0 Å². The van der Waals surface area contributed by atoms with E-state index < -0.39 is 0 Å². The summed E-state index contributed by atoms with van der Waals surface area (Å²) >= 11 is 0. The van der Waals surface area contributed by atoms with Crippen LogP contribution in [0.5, 0.6) is 11.5 Å². The number of ether oxygens (including phenoxy) is 2. The van der Waals surface area contributed by atoms with Crippen molar-refractivity contribution in [3.05, 3.63) is 89.0 Å². The molecule has 2 heterocycles. The molecule has 1 amide bonds. The predicted octanol–water partition coefficient (Wildman–Crippen LogP) is 5.14. The zero-order chi connectivity index (χ0) is 24.4. The van der Waals surface area contributed by atoms with Crippen LogP contribution < -0.4 is 14.4 Å². The summed E-state index contributed by atoms with van der Waals surface area (Å²) in [6.07, 6.45) is 2.45. The lowest BCUT2D eigenvalue weighted by atomic mass is 9.74. The molecule has 1 fully saturated rings. The summed E-state index contributed by atoms with van der Waals surface area (Å²) < 4.78 is 10.8. The van der Waals surface area contributed by atoms with E-state index >= 15 is 0 Å². The summed E-state index contributed by atoms with van der Waals surface area (Å²) in [5.74, 6) is 1.80. The van der Waals surface area contributed by atoms with Gasteiger partial charge < -0.3 is 14.4 Å². The summed E-state index contributed by atoms with van der Waals surface area (Å²) in [5, 5.41) is 0. The number of amides is 1. The fourth-order valence-corrected chi connectivity index (χ4v) is 5.65.